The third kappa shape index (κ3) is 6.08. The summed E-state index contributed by atoms with van der Waals surface area (Å²) in [5, 5.41) is 5.65. The number of para-hydroxylation sites is 1. The van der Waals surface area contributed by atoms with Crippen LogP contribution in [-0.2, 0) is 11.3 Å². The second-order valence-corrected chi connectivity index (χ2v) is 7.25. The van der Waals surface area contributed by atoms with Crippen molar-refractivity contribution in [1.82, 2.24) is 9.78 Å². The minimum atomic E-state index is -0.750. The number of rotatable bonds is 7. The first-order valence-electron chi connectivity index (χ1n) is 9.50. The predicted molar refractivity (Wildman–Crippen MR) is 116 cm³/mol. The summed E-state index contributed by atoms with van der Waals surface area (Å²) < 4.78 is 12.7. The number of aromatic nitrogens is 2. The van der Waals surface area contributed by atoms with Crippen LogP contribution in [0.2, 0.25) is 10.0 Å². The molecule has 0 fully saturated rings. The first-order chi connectivity index (χ1) is 14.6. The second kappa shape index (κ2) is 10.8. The second-order valence-electron chi connectivity index (χ2n) is 6.40. The SMILES string of the molecule is CCCCOc1cc(=NC(=O)OCc2ccc(Cl)cc2Cl)cnn1-c1ccccc1. The third-order valence-electron chi connectivity index (χ3n) is 4.12. The lowest BCUT2D eigenvalue weighted by molar-refractivity contribution is 0.150. The molecule has 1 heterocycles. The summed E-state index contributed by atoms with van der Waals surface area (Å²) >= 11 is 12.0. The Bertz CT molecular complexity index is 1070. The van der Waals surface area contributed by atoms with Gasteiger partial charge in [0.1, 0.15) is 6.61 Å². The number of hydrogen-bond acceptors (Lipinski definition) is 4. The molecule has 8 heteroatoms. The van der Waals surface area contributed by atoms with E-state index in [0.717, 1.165) is 18.5 Å². The number of carbonyl (C=O) groups is 1. The summed E-state index contributed by atoms with van der Waals surface area (Å²) in [6.07, 6.45) is 2.64. The zero-order valence-electron chi connectivity index (χ0n) is 16.4. The molecule has 156 valence electrons. The first-order valence-corrected chi connectivity index (χ1v) is 10.3. The van der Waals surface area contributed by atoms with E-state index >= 15 is 0 Å². The van der Waals surface area contributed by atoms with Gasteiger partial charge in [-0.05, 0) is 30.7 Å². The summed E-state index contributed by atoms with van der Waals surface area (Å²) in [6, 6.07) is 16.2. The van der Waals surface area contributed by atoms with E-state index in [1.54, 1.807) is 28.9 Å². The van der Waals surface area contributed by atoms with Crippen molar-refractivity contribution < 1.29 is 14.3 Å². The van der Waals surface area contributed by atoms with Gasteiger partial charge in [0.25, 0.3) is 0 Å². The number of carbonyl (C=O) groups excluding carboxylic acids is 1. The van der Waals surface area contributed by atoms with E-state index in [-0.39, 0.29) is 6.61 Å². The van der Waals surface area contributed by atoms with Crippen LogP contribution in [0.4, 0.5) is 4.79 Å². The van der Waals surface area contributed by atoms with Crippen LogP contribution in [0.25, 0.3) is 5.69 Å². The van der Waals surface area contributed by atoms with Gasteiger partial charge in [-0.15, -0.1) is 0 Å². The van der Waals surface area contributed by atoms with Crippen molar-refractivity contribution >= 4 is 29.3 Å². The highest BCUT2D eigenvalue weighted by Gasteiger charge is 2.08. The highest BCUT2D eigenvalue weighted by Crippen LogP contribution is 2.21. The Hall–Kier alpha value is -2.83. The molecule has 0 spiro atoms. The molecule has 1 aromatic heterocycles. The van der Waals surface area contributed by atoms with Crippen LogP contribution in [0.15, 0.2) is 65.8 Å². The van der Waals surface area contributed by atoms with Gasteiger partial charge in [0.15, 0.2) is 0 Å². The van der Waals surface area contributed by atoms with Crippen molar-refractivity contribution in [1.29, 1.82) is 0 Å². The van der Waals surface area contributed by atoms with Crippen molar-refractivity contribution in [2.45, 2.75) is 26.4 Å². The fourth-order valence-corrected chi connectivity index (χ4v) is 3.03. The van der Waals surface area contributed by atoms with E-state index in [9.17, 15) is 4.79 Å². The molecule has 2 aromatic carbocycles. The van der Waals surface area contributed by atoms with Crippen molar-refractivity contribution in [3.05, 3.63) is 81.8 Å². The van der Waals surface area contributed by atoms with Gasteiger partial charge in [0.05, 0.1) is 23.8 Å². The average molecular weight is 446 g/mol. The molecule has 0 aliphatic heterocycles. The molecule has 0 N–H and O–H groups in total. The lowest BCUT2D eigenvalue weighted by atomic mass is 10.2. The fraction of sp³-hybridized carbons (Fsp3) is 0.227. The first kappa shape index (κ1) is 21.9. The number of ether oxygens (including phenoxy) is 2. The van der Waals surface area contributed by atoms with Crippen LogP contribution in [0.1, 0.15) is 25.3 Å². The lowest BCUT2D eigenvalue weighted by Crippen LogP contribution is -2.16. The number of unbranched alkanes of at least 4 members (excludes halogenated alkanes) is 1. The van der Waals surface area contributed by atoms with Gasteiger partial charge in [-0.3, -0.25) is 0 Å². The fourth-order valence-electron chi connectivity index (χ4n) is 2.56. The summed E-state index contributed by atoms with van der Waals surface area (Å²) in [4.78, 5) is 16.1. The largest absolute Gasteiger partial charge is 0.478 e. The number of amides is 1. The minimum absolute atomic E-state index is 0.0114. The number of halogens is 2. The van der Waals surface area contributed by atoms with Crippen LogP contribution in [-0.4, -0.2) is 22.5 Å². The molecule has 0 radical (unpaired) electrons. The third-order valence-corrected chi connectivity index (χ3v) is 4.71. The molecule has 6 nitrogen and oxygen atoms in total. The molecule has 0 saturated carbocycles. The van der Waals surface area contributed by atoms with E-state index in [0.29, 0.717) is 33.5 Å². The molecule has 0 aliphatic carbocycles. The summed E-state index contributed by atoms with van der Waals surface area (Å²) in [5.41, 5.74) is 1.48. The molecule has 0 saturated heterocycles. The maximum Gasteiger partial charge on any atom is 0.434 e. The van der Waals surface area contributed by atoms with Crippen molar-refractivity contribution in [3.63, 3.8) is 0 Å². The van der Waals surface area contributed by atoms with Gasteiger partial charge in [0.2, 0.25) is 5.88 Å². The van der Waals surface area contributed by atoms with Crippen molar-refractivity contribution in [2.75, 3.05) is 6.61 Å². The van der Waals surface area contributed by atoms with Gasteiger partial charge in [-0.2, -0.15) is 10.1 Å². The van der Waals surface area contributed by atoms with Crippen LogP contribution in [0.5, 0.6) is 5.88 Å². The quantitative estimate of drug-likeness (QED) is 0.444. The number of benzene rings is 2. The number of nitrogens with zero attached hydrogens (tertiary/aromatic N) is 3. The van der Waals surface area contributed by atoms with Crippen LogP contribution in [0, 0.1) is 0 Å². The molecular formula is C22H21Cl2N3O3. The minimum Gasteiger partial charge on any atom is -0.478 e. The van der Waals surface area contributed by atoms with E-state index in [4.69, 9.17) is 32.7 Å². The summed E-state index contributed by atoms with van der Waals surface area (Å²) in [6.45, 7) is 2.61. The summed E-state index contributed by atoms with van der Waals surface area (Å²) in [7, 11) is 0. The Morgan fingerprint density at radius 2 is 1.93 bits per heavy atom. The maximum atomic E-state index is 12.2. The molecule has 3 rings (SSSR count). The van der Waals surface area contributed by atoms with Gasteiger partial charge in [-0.25, -0.2) is 9.48 Å². The Balaban J connectivity index is 1.79. The molecule has 1 amide bonds. The Morgan fingerprint density at radius 3 is 2.67 bits per heavy atom. The smallest absolute Gasteiger partial charge is 0.434 e. The van der Waals surface area contributed by atoms with E-state index in [1.807, 2.05) is 30.3 Å². The topological polar surface area (TPSA) is 65.7 Å². The Kier molecular flexibility index (Phi) is 7.88. The lowest BCUT2D eigenvalue weighted by Gasteiger charge is -2.13. The molecule has 0 bridgehead atoms. The van der Waals surface area contributed by atoms with Crippen LogP contribution >= 0.6 is 23.2 Å². The summed E-state index contributed by atoms with van der Waals surface area (Å²) in [5.74, 6) is 0.490. The van der Waals surface area contributed by atoms with E-state index in [2.05, 4.69) is 17.0 Å². The molecule has 0 aliphatic rings. The zero-order chi connectivity index (χ0) is 21.3. The van der Waals surface area contributed by atoms with E-state index < -0.39 is 6.09 Å². The highest BCUT2D eigenvalue weighted by molar-refractivity contribution is 6.35. The Morgan fingerprint density at radius 1 is 1.13 bits per heavy atom. The molecule has 30 heavy (non-hydrogen) atoms. The Labute approximate surface area is 184 Å². The van der Waals surface area contributed by atoms with Gasteiger partial charge >= 0.3 is 6.09 Å². The predicted octanol–water partition coefficient (Wildman–Crippen LogP) is 5.60. The maximum absolute atomic E-state index is 12.2. The van der Waals surface area contributed by atoms with Gasteiger partial charge < -0.3 is 9.47 Å². The molecular weight excluding hydrogens is 425 g/mol. The number of hydrogen-bond donors (Lipinski definition) is 0. The van der Waals surface area contributed by atoms with E-state index in [1.165, 1.54) is 6.20 Å². The molecule has 0 unspecified atom stereocenters. The van der Waals surface area contributed by atoms with Crippen LogP contribution in [0.3, 0.4) is 0 Å². The van der Waals surface area contributed by atoms with Crippen LogP contribution < -0.4 is 10.1 Å². The zero-order valence-corrected chi connectivity index (χ0v) is 17.9. The monoisotopic (exact) mass is 445 g/mol. The standard InChI is InChI=1S/C22H21Cl2N3O3/c1-2-3-11-29-21-13-18(14-25-27(21)19-7-5-4-6-8-19)26-22(28)30-15-16-9-10-17(23)12-20(16)24/h4-10,12-14H,2-3,11,15H2,1H3. The highest BCUT2D eigenvalue weighted by atomic mass is 35.5. The molecule has 0 atom stereocenters. The van der Waals surface area contributed by atoms with Gasteiger partial charge in [-0.1, -0.05) is 60.8 Å². The molecule has 3 aromatic rings. The normalized spacial score (nSPS) is 11.4. The van der Waals surface area contributed by atoms with Crippen molar-refractivity contribution in [3.8, 4) is 11.6 Å². The van der Waals surface area contributed by atoms with Gasteiger partial charge in [0, 0.05) is 21.7 Å². The van der Waals surface area contributed by atoms with Crippen molar-refractivity contribution in [2.24, 2.45) is 4.99 Å². The average Bonchev–Trinajstić information content (AvgIpc) is 2.74.